The van der Waals surface area contributed by atoms with Gasteiger partial charge in [0.05, 0.1) is 0 Å². The number of hydrogen-bond donors (Lipinski definition) is 1. The molecule has 0 aromatic heterocycles. The lowest BCUT2D eigenvalue weighted by atomic mass is 9.94. The van der Waals surface area contributed by atoms with Gasteiger partial charge < -0.3 is 10.6 Å². The molecule has 3 heteroatoms. The van der Waals surface area contributed by atoms with Crippen LogP contribution in [-0.2, 0) is 4.79 Å². The van der Waals surface area contributed by atoms with E-state index in [1.54, 1.807) is 0 Å². The lowest BCUT2D eigenvalue weighted by molar-refractivity contribution is -0.134. The molecular formula is C18H36N2O. The van der Waals surface area contributed by atoms with Crippen molar-refractivity contribution in [3.63, 3.8) is 0 Å². The van der Waals surface area contributed by atoms with Crippen molar-refractivity contribution in [1.82, 2.24) is 4.90 Å². The molecule has 21 heavy (non-hydrogen) atoms. The van der Waals surface area contributed by atoms with Crippen LogP contribution in [0.15, 0.2) is 0 Å². The third-order valence-corrected chi connectivity index (χ3v) is 4.69. The van der Waals surface area contributed by atoms with Gasteiger partial charge in [-0.3, -0.25) is 4.79 Å². The van der Waals surface area contributed by atoms with Crippen LogP contribution in [0.2, 0.25) is 0 Å². The molecule has 1 aliphatic rings. The van der Waals surface area contributed by atoms with Crippen molar-refractivity contribution in [1.29, 1.82) is 0 Å². The van der Waals surface area contributed by atoms with Crippen molar-refractivity contribution >= 4 is 5.91 Å². The molecule has 0 spiro atoms. The van der Waals surface area contributed by atoms with Crippen LogP contribution >= 0.6 is 0 Å². The van der Waals surface area contributed by atoms with E-state index in [0.29, 0.717) is 30.2 Å². The smallest absolute Gasteiger partial charge is 0.222 e. The van der Waals surface area contributed by atoms with Gasteiger partial charge >= 0.3 is 0 Å². The molecule has 124 valence electrons. The summed E-state index contributed by atoms with van der Waals surface area (Å²) in [6.45, 7) is 8.32. The van der Waals surface area contributed by atoms with E-state index in [1.165, 1.54) is 38.5 Å². The van der Waals surface area contributed by atoms with Crippen LogP contribution in [0.25, 0.3) is 0 Å². The molecule has 2 N–H and O–H groups in total. The highest BCUT2D eigenvalue weighted by molar-refractivity contribution is 5.76. The molecule has 0 bridgehead atoms. The molecule has 1 fully saturated rings. The molecule has 0 heterocycles. The lowest BCUT2D eigenvalue weighted by Crippen LogP contribution is -2.41. The zero-order valence-electron chi connectivity index (χ0n) is 14.4. The van der Waals surface area contributed by atoms with Crippen molar-refractivity contribution in [2.75, 3.05) is 13.1 Å². The molecule has 1 rings (SSSR count). The maximum Gasteiger partial charge on any atom is 0.222 e. The molecule has 1 aliphatic carbocycles. The Hall–Kier alpha value is -0.570. The van der Waals surface area contributed by atoms with Gasteiger partial charge in [0, 0.05) is 19.0 Å². The van der Waals surface area contributed by atoms with Gasteiger partial charge in [0.25, 0.3) is 0 Å². The molecule has 3 nitrogen and oxygen atoms in total. The van der Waals surface area contributed by atoms with Crippen molar-refractivity contribution < 1.29 is 4.79 Å². The molecule has 1 unspecified atom stereocenters. The normalized spacial score (nSPS) is 17.4. The fraction of sp³-hybridized carbons (Fsp3) is 0.944. The molecule has 1 amide bonds. The Kier molecular flexibility index (Phi) is 8.98. The number of amides is 1. The quantitative estimate of drug-likeness (QED) is 0.663. The molecule has 0 aromatic carbocycles. The summed E-state index contributed by atoms with van der Waals surface area (Å²) in [7, 11) is 0. The van der Waals surface area contributed by atoms with Crippen LogP contribution in [0.1, 0.15) is 78.6 Å². The number of carbonyl (C=O) groups is 1. The summed E-state index contributed by atoms with van der Waals surface area (Å²) in [5, 5.41) is 0. The van der Waals surface area contributed by atoms with Crippen LogP contribution in [0.3, 0.4) is 0 Å². The van der Waals surface area contributed by atoms with Crippen molar-refractivity contribution in [3.8, 4) is 0 Å². The molecule has 0 aliphatic heterocycles. The van der Waals surface area contributed by atoms with Gasteiger partial charge in [-0.25, -0.2) is 0 Å². The van der Waals surface area contributed by atoms with Crippen molar-refractivity contribution in [2.45, 2.75) is 84.6 Å². The topological polar surface area (TPSA) is 46.3 Å². The molecule has 0 radical (unpaired) electrons. The third kappa shape index (κ3) is 6.82. The molecule has 0 aromatic rings. The molecule has 0 saturated heterocycles. The molecule has 1 saturated carbocycles. The van der Waals surface area contributed by atoms with E-state index in [-0.39, 0.29) is 0 Å². The standard InChI is InChI=1S/C18H36N2O/c1-4-7-16(12-13-19)10-11-18(21)20(14-15(2)3)17-8-5-6-9-17/h15-17H,4-14,19H2,1-3H3. The highest BCUT2D eigenvalue weighted by Crippen LogP contribution is 2.26. The molecule has 1 atom stereocenters. The average Bonchev–Trinajstić information content (AvgIpc) is 2.96. The van der Waals surface area contributed by atoms with Crippen LogP contribution < -0.4 is 5.73 Å². The van der Waals surface area contributed by atoms with Gasteiger partial charge in [0.2, 0.25) is 5.91 Å². The number of carbonyl (C=O) groups excluding carboxylic acids is 1. The number of hydrogen-bond acceptors (Lipinski definition) is 2. The maximum absolute atomic E-state index is 12.7. The Morgan fingerprint density at radius 1 is 1.19 bits per heavy atom. The van der Waals surface area contributed by atoms with Gasteiger partial charge in [0.15, 0.2) is 0 Å². The first kappa shape index (κ1) is 18.5. The van der Waals surface area contributed by atoms with Crippen LogP contribution in [0.4, 0.5) is 0 Å². The predicted octanol–water partition coefficient (Wildman–Crippen LogP) is 3.96. The summed E-state index contributed by atoms with van der Waals surface area (Å²) < 4.78 is 0. The zero-order valence-corrected chi connectivity index (χ0v) is 14.4. The van der Waals surface area contributed by atoms with Gasteiger partial charge in [-0.05, 0) is 44.1 Å². The highest BCUT2D eigenvalue weighted by Gasteiger charge is 2.27. The Morgan fingerprint density at radius 2 is 1.86 bits per heavy atom. The average molecular weight is 296 g/mol. The first-order chi connectivity index (χ1) is 10.1. The second kappa shape index (κ2) is 10.2. The Balaban J connectivity index is 2.50. The minimum Gasteiger partial charge on any atom is -0.339 e. The van der Waals surface area contributed by atoms with Crippen molar-refractivity contribution in [2.24, 2.45) is 17.6 Å². The Morgan fingerprint density at radius 3 is 2.38 bits per heavy atom. The number of nitrogens with zero attached hydrogens (tertiary/aromatic N) is 1. The van der Waals surface area contributed by atoms with E-state index < -0.39 is 0 Å². The second-order valence-corrected chi connectivity index (χ2v) is 7.15. The van der Waals surface area contributed by atoms with E-state index >= 15 is 0 Å². The van der Waals surface area contributed by atoms with Gasteiger partial charge in [-0.2, -0.15) is 0 Å². The van der Waals surface area contributed by atoms with E-state index in [2.05, 4.69) is 25.7 Å². The van der Waals surface area contributed by atoms with Gasteiger partial charge in [-0.1, -0.05) is 46.5 Å². The van der Waals surface area contributed by atoms with E-state index in [4.69, 9.17) is 5.73 Å². The second-order valence-electron chi connectivity index (χ2n) is 7.15. The summed E-state index contributed by atoms with van der Waals surface area (Å²) in [6, 6.07) is 0.513. The summed E-state index contributed by atoms with van der Waals surface area (Å²) in [4.78, 5) is 14.9. The maximum atomic E-state index is 12.7. The minimum absolute atomic E-state index is 0.383. The lowest BCUT2D eigenvalue weighted by Gasteiger charge is -2.31. The Bertz CT molecular complexity index is 279. The zero-order chi connectivity index (χ0) is 15.7. The first-order valence-electron chi connectivity index (χ1n) is 9.08. The van der Waals surface area contributed by atoms with E-state index in [0.717, 1.165) is 25.9 Å². The fourth-order valence-corrected chi connectivity index (χ4v) is 3.61. The van der Waals surface area contributed by atoms with Gasteiger partial charge in [-0.15, -0.1) is 0 Å². The molecular weight excluding hydrogens is 260 g/mol. The summed E-state index contributed by atoms with van der Waals surface area (Å²) in [5.74, 6) is 1.58. The first-order valence-corrected chi connectivity index (χ1v) is 9.08. The van der Waals surface area contributed by atoms with Crippen LogP contribution in [0.5, 0.6) is 0 Å². The third-order valence-electron chi connectivity index (χ3n) is 4.69. The number of nitrogens with two attached hydrogens (primary N) is 1. The van der Waals surface area contributed by atoms with Crippen LogP contribution in [0, 0.1) is 11.8 Å². The predicted molar refractivity (Wildman–Crippen MR) is 90.1 cm³/mol. The van der Waals surface area contributed by atoms with E-state index in [1.807, 2.05) is 0 Å². The largest absolute Gasteiger partial charge is 0.339 e. The summed E-state index contributed by atoms with van der Waals surface area (Å²) in [6.07, 6.45) is 10.2. The fourth-order valence-electron chi connectivity index (χ4n) is 3.61. The summed E-state index contributed by atoms with van der Waals surface area (Å²) >= 11 is 0. The minimum atomic E-state index is 0.383. The van der Waals surface area contributed by atoms with Crippen molar-refractivity contribution in [3.05, 3.63) is 0 Å². The number of rotatable bonds is 10. The van der Waals surface area contributed by atoms with Gasteiger partial charge in [0.1, 0.15) is 0 Å². The van der Waals surface area contributed by atoms with Crippen LogP contribution in [-0.4, -0.2) is 29.9 Å². The Labute approximate surface area is 131 Å². The summed E-state index contributed by atoms with van der Waals surface area (Å²) in [5.41, 5.74) is 5.70. The van der Waals surface area contributed by atoms with E-state index in [9.17, 15) is 4.79 Å². The monoisotopic (exact) mass is 296 g/mol. The SMILES string of the molecule is CCCC(CCN)CCC(=O)N(CC(C)C)C1CCCC1. The highest BCUT2D eigenvalue weighted by atomic mass is 16.2.